The fourth-order valence-electron chi connectivity index (χ4n) is 2.31. The molecule has 1 aliphatic heterocycles. The van der Waals surface area contributed by atoms with E-state index in [2.05, 4.69) is 45.8 Å². The minimum absolute atomic E-state index is 0.127. The number of benzene rings is 1. The van der Waals surface area contributed by atoms with Gasteiger partial charge in [-0.05, 0) is 18.6 Å². The smallest absolute Gasteiger partial charge is 0.305 e. The molecule has 1 aromatic rings. The number of anilines is 2. The lowest BCUT2D eigenvalue weighted by Crippen LogP contribution is -2.39. The minimum Gasteiger partial charge on any atom is -0.469 e. The first-order valence-electron chi connectivity index (χ1n) is 6.34. The number of methoxy groups -OCH3 is 1. The summed E-state index contributed by atoms with van der Waals surface area (Å²) in [6.45, 7) is 2.93. The zero-order valence-corrected chi connectivity index (χ0v) is 11.1. The third-order valence-corrected chi connectivity index (χ3v) is 3.38. The van der Waals surface area contributed by atoms with E-state index in [-0.39, 0.29) is 5.97 Å². The standard InChI is InChI=1S/C14H20N2O2/c1-15-10-11-16(9-5-8-14(17)18-2)13-7-4-3-6-12(13)15/h3-4,6-7H,5,8-11H2,1-2H3. The van der Waals surface area contributed by atoms with Crippen LogP contribution in [0.3, 0.4) is 0 Å². The van der Waals surface area contributed by atoms with Crippen molar-refractivity contribution in [3.05, 3.63) is 24.3 Å². The van der Waals surface area contributed by atoms with E-state index >= 15 is 0 Å². The second kappa shape index (κ2) is 5.76. The van der Waals surface area contributed by atoms with Crippen molar-refractivity contribution < 1.29 is 9.53 Å². The Labute approximate surface area is 108 Å². The number of esters is 1. The number of para-hydroxylation sites is 2. The Hall–Kier alpha value is -1.71. The van der Waals surface area contributed by atoms with Crippen LogP contribution in [0.5, 0.6) is 0 Å². The zero-order chi connectivity index (χ0) is 13.0. The van der Waals surface area contributed by atoms with Crippen molar-refractivity contribution in [1.29, 1.82) is 0 Å². The van der Waals surface area contributed by atoms with Gasteiger partial charge >= 0.3 is 5.97 Å². The molecule has 0 N–H and O–H groups in total. The Morgan fingerprint density at radius 3 is 2.72 bits per heavy atom. The molecule has 0 bridgehead atoms. The minimum atomic E-state index is -0.127. The van der Waals surface area contributed by atoms with Gasteiger partial charge in [0.05, 0.1) is 18.5 Å². The van der Waals surface area contributed by atoms with Crippen LogP contribution in [0.4, 0.5) is 11.4 Å². The molecule has 4 heteroatoms. The summed E-state index contributed by atoms with van der Waals surface area (Å²) in [7, 11) is 3.55. The molecule has 0 atom stereocenters. The van der Waals surface area contributed by atoms with Gasteiger partial charge in [-0.1, -0.05) is 12.1 Å². The van der Waals surface area contributed by atoms with Crippen LogP contribution >= 0.6 is 0 Å². The summed E-state index contributed by atoms with van der Waals surface area (Å²) in [5.74, 6) is -0.127. The van der Waals surface area contributed by atoms with E-state index in [4.69, 9.17) is 0 Å². The van der Waals surface area contributed by atoms with Gasteiger partial charge in [-0.15, -0.1) is 0 Å². The van der Waals surface area contributed by atoms with Gasteiger partial charge in [0.2, 0.25) is 0 Å². The van der Waals surface area contributed by atoms with Gasteiger partial charge in [-0.3, -0.25) is 4.79 Å². The van der Waals surface area contributed by atoms with Crippen molar-refractivity contribution in [3.63, 3.8) is 0 Å². The third kappa shape index (κ3) is 2.75. The number of carbonyl (C=O) groups is 1. The first kappa shape index (κ1) is 12.7. The molecular weight excluding hydrogens is 228 g/mol. The summed E-state index contributed by atoms with van der Waals surface area (Å²) in [4.78, 5) is 15.7. The van der Waals surface area contributed by atoms with Crippen LogP contribution in [0.1, 0.15) is 12.8 Å². The van der Waals surface area contributed by atoms with Crippen molar-refractivity contribution in [2.45, 2.75) is 12.8 Å². The summed E-state index contributed by atoms with van der Waals surface area (Å²) < 4.78 is 4.66. The molecule has 0 spiro atoms. The molecule has 0 aliphatic carbocycles. The molecule has 1 aliphatic rings. The summed E-state index contributed by atoms with van der Waals surface area (Å²) in [5, 5.41) is 0. The van der Waals surface area contributed by atoms with Gasteiger partial charge in [-0.25, -0.2) is 0 Å². The predicted octanol–water partition coefficient (Wildman–Crippen LogP) is 1.90. The molecule has 98 valence electrons. The van der Waals surface area contributed by atoms with Crippen LogP contribution in [-0.2, 0) is 9.53 Å². The SMILES string of the molecule is COC(=O)CCCN1CCN(C)c2ccccc21. The van der Waals surface area contributed by atoms with Crippen molar-refractivity contribution in [3.8, 4) is 0 Å². The lowest BCUT2D eigenvalue weighted by molar-refractivity contribution is -0.140. The number of nitrogens with zero attached hydrogens (tertiary/aromatic N) is 2. The molecular formula is C14H20N2O2. The third-order valence-electron chi connectivity index (χ3n) is 3.38. The average Bonchev–Trinajstić information content (AvgIpc) is 2.41. The van der Waals surface area contributed by atoms with E-state index in [9.17, 15) is 4.79 Å². The Bertz CT molecular complexity index is 420. The first-order valence-corrected chi connectivity index (χ1v) is 6.34. The van der Waals surface area contributed by atoms with Crippen molar-refractivity contribution in [2.75, 3.05) is 43.6 Å². The van der Waals surface area contributed by atoms with E-state index in [1.54, 1.807) is 0 Å². The molecule has 1 heterocycles. The Balaban J connectivity index is 1.98. The summed E-state index contributed by atoms with van der Waals surface area (Å²) in [6.07, 6.45) is 1.33. The zero-order valence-electron chi connectivity index (χ0n) is 11.1. The van der Waals surface area contributed by atoms with Crippen LogP contribution < -0.4 is 9.80 Å². The van der Waals surface area contributed by atoms with Crippen molar-refractivity contribution >= 4 is 17.3 Å². The van der Waals surface area contributed by atoms with Gasteiger partial charge in [0, 0.05) is 33.1 Å². The van der Waals surface area contributed by atoms with Gasteiger partial charge in [0.1, 0.15) is 0 Å². The molecule has 2 rings (SSSR count). The van der Waals surface area contributed by atoms with E-state index in [1.165, 1.54) is 18.5 Å². The van der Waals surface area contributed by atoms with Crippen LogP contribution in [0.25, 0.3) is 0 Å². The molecule has 18 heavy (non-hydrogen) atoms. The summed E-state index contributed by atoms with van der Waals surface area (Å²) in [5.41, 5.74) is 2.53. The number of hydrogen-bond acceptors (Lipinski definition) is 4. The normalized spacial score (nSPS) is 14.3. The highest BCUT2D eigenvalue weighted by Crippen LogP contribution is 2.31. The number of likely N-dealkylation sites (N-methyl/N-ethyl adjacent to an activating group) is 1. The molecule has 0 aromatic heterocycles. The highest BCUT2D eigenvalue weighted by Gasteiger charge is 2.19. The van der Waals surface area contributed by atoms with Gasteiger partial charge in [0.25, 0.3) is 0 Å². The van der Waals surface area contributed by atoms with E-state index in [0.29, 0.717) is 6.42 Å². The monoisotopic (exact) mass is 248 g/mol. The summed E-state index contributed by atoms with van der Waals surface area (Å²) >= 11 is 0. The molecule has 0 saturated carbocycles. The first-order chi connectivity index (χ1) is 8.72. The van der Waals surface area contributed by atoms with Crippen LogP contribution in [-0.4, -0.2) is 39.8 Å². The summed E-state index contributed by atoms with van der Waals surface area (Å²) in [6, 6.07) is 8.41. The highest BCUT2D eigenvalue weighted by atomic mass is 16.5. The van der Waals surface area contributed by atoms with Gasteiger partial charge < -0.3 is 14.5 Å². The van der Waals surface area contributed by atoms with E-state index < -0.39 is 0 Å². The van der Waals surface area contributed by atoms with Crippen LogP contribution in [0, 0.1) is 0 Å². The molecule has 0 amide bonds. The number of hydrogen-bond donors (Lipinski definition) is 0. The molecule has 0 fully saturated rings. The quantitative estimate of drug-likeness (QED) is 0.762. The van der Waals surface area contributed by atoms with Gasteiger partial charge in [-0.2, -0.15) is 0 Å². The molecule has 4 nitrogen and oxygen atoms in total. The maximum atomic E-state index is 11.1. The Kier molecular flexibility index (Phi) is 4.07. The molecule has 0 saturated heterocycles. The number of ether oxygens (including phenoxy) is 1. The topological polar surface area (TPSA) is 32.8 Å². The molecule has 0 unspecified atom stereocenters. The largest absolute Gasteiger partial charge is 0.469 e. The lowest BCUT2D eigenvalue weighted by Gasteiger charge is -2.37. The maximum absolute atomic E-state index is 11.1. The molecule has 1 aromatic carbocycles. The number of carbonyl (C=O) groups excluding carboxylic acids is 1. The number of fused-ring (bicyclic) bond motifs is 1. The highest BCUT2D eigenvalue weighted by molar-refractivity contribution is 5.73. The van der Waals surface area contributed by atoms with Gasteiger partial charge in [0.15, 0.2) is 0 Å². The van der Waals surface area contributed by atoms with Crippen molar-refractivity contribution in [1.82, 2.24) is 0 Å². The van der Waals surface area contributed by atoms with Crippen LogP contribution in [0.15, 0.2) is 24.3 Å². The van der Waals surface area contributed by atoms with E-state index in [1.807, 2.05) is 0 Å². The fraction of sp³-hybridized carbons (Fsp3) is 0.500. The van der Waals surface area contributed by atoms with Crippen molar-refractivity contribution in [2.24, 2.45) is 0 Å². The van der Waals surface area contributed by atoms with Crippen LogP contribution in [0.2, 0.25) is 0 Å². The van der Waals surface area contributed by atoms with E-state index in [0.717, 1.165) is 26.1 Å². The second-order valence-electron chi connectivity index (χ2n) is 4.58. The average molecular weight is 248 g/mol. The number of rotatable bonds is 4. The fourth-order valence-corrected chi connectivity index (χ4v) is 2.31. The Morgan fingerprint density at radius 2 is 2.00 bits per heavy atom. The lowest BCUT2D eigenvalue weighted by atomic mass is 10.1. The molecule has 0 radical (unpaired) electrons. The second-order valence-corrected chi connectivity index (χ2v) is 4.58. The predicted molar refractivity (Wildman–Crippen MR) is 73.2 cm³/mol. The Morgan fingerprint density at radius 1 is 1.28 bits per heavy atom. The maximum Gasteiger partial charge on any atom is 0.305 e.